The maximum absolute atomic E-state index is 5.29. The Bertz CT molecular complexity index is 106. The summed E-state index contributed by atoms with van der Waals surface area (Å²) in [6.07, 6.45) is 0. The molecular weight excluding hydrogens is 382 g/mol. The van der Waals surface area contributed by atoms with Gasteiger partial charge in [0.2, 0.25) is 0 Å². The molecule has 0 saturated heterocycles. The molecule has 0 aromatic carbocycles. The van der Waals surface area contributed by atoms with Gasteiger partial charge in [0.05, 0.1) is 26.4 Å². The van der Waals surface area contributed by atoms with Gasteiger partial charge in [-0.25, -0.2) is 0 Å². The first-order chi connectivity index (χ1) is 5.81. The zero-order valence-corrected chi connectivity index (χ0v) is 11.3. The highest BCUT2D eigenvalue weighted by molar-refractivity contribution is 14.1. The summed E-state index contributed by atoms with van der Waals surface area (Å²) in [5.74, 6) is 0. The van der Waals surface area contributed by atoms with E-state index in [-0.39, 0.29) is 0 Å². The van der Waals surface area contributed by atoms with E-state index in [1.54, 1.807) is 0 Å². The van der Waals surface area contributed by atoms with E-state index < -0.39 is 0 Å². The molecule has 0 heterocycles. The number of hydrogen-bond donors (Lipinski definition) is 0. The lowest BCUT2D eigenvalue weighted by Crippen LogP contribution is -2.06. The fourth-order valence-corrected chi connectivity index (χ4v) is 1.21. The molecule has 0 unspecified atom stereocenters. The highest BCUT2D eigenvalue weighted by Crippen LogP contribution is 1.94. The molecule has 0 spiro atoms. The molecule has 0 aromatic rings. The quantitative estimate of drug-likeness (QED) is 0.272. The van der Waals surface area contributed by atoms with Crippen LogP contribution in [-0.2, 0) is 9.47 Å². The maximum Gasteiger partial charge on any atom is 0.0696 e. The standard InChI is InChI=1S/C8H14I2O2/c1-8(6-11-4-2-9)7-12-5-3-10/h1-7H2. The smallest absolute Gasteiger partial charge is 0.0696 e. The van der Waals surface area contributed by atoms with E-state index in [0.717, 1.165) is 27.6 Å². The van der Waals surface area contributed by atoms with Crippen LogP contribution < -0.4 is 0 Å². The van der Waals surface area contributed by atoms with Gasteiger partial charge < -0.3 is 9.47 Å². The fourth-order valence-electron chi connectivity index (χ4n) is 0.584. The molecule has 0 amide bonds. The normalized spacial score (nSPS) is 10.2. The van der Waals surface area contributed by atoms with E-state index in [4.69, 9.17) is 9.47 Å². The first-order valence-corrected chi connectivity index (χ1v) is 6.80. The molecule has 2 nitrogen and oxygen atoms in total. The Kier molecular flexibility index (Phi) is 11.2. The van der Waals surface area contributed by atoms with Gasteiger partial charge in [0.25, 0.3) is 0 Å². The molecule has 0 radical (unpaired) electrons. The average Bonchev–Trinajstić information content (AvgIpc) is 2.06. The van der Waals surface area contributed by atoms with Crippen LogP contribution in [0.1, 0.15) is 0 Å². The van der Waals surface area contributed by atoms with Crippen LogP contribution in [0.2, 0.25) is 0 Å². The average molecular weight is 396 g/mol. The van der Waals surface area contributed by atoms with Gasteiger partial charge in [-0.2, -0.15) is 0 Å². The van der Waals surface area contributed by atoms with Crippen molar-refractivity contribution in [3.8, 4) is 0 Å². The summed E-state index contributed by atoms with van der Waals surface area (Å²) >= 11 is 4.56. The molecule has 0 aliphatic rings. The summed E-state index contributed by atoms with van der Waals surface area (Å²) in [6.45, 7) is 6.70. The van der Waals surface area contributed by atoms with Crippen molar-refractivity contribution in [1.82, 2.24) is 0 Å². The summed E-state index contributed by atoms with van der Waals surface area (Å²) in [6, 6.07) is 0. The summed E-state index contributed by atoms with van der Waals surface area (Å²) in [5.41, 5.74) is 1.02. The van der Waals surface area contributed by atoms with Gasteiger partial charge in [-0.05, 0) is 5.57 Å². The third kappa shape index (κ3) is 9.21. The molecule has 0 aromatic heterocycles. The van der Waals surface area contributed by atoms with Crippen LogP contribution in [0.25, 0.3) is 0 Å². The monoisotopic (exact) mass is 396 g/mol. The van der Waals surface area contributed by atoms with Crippen molar-refractivity contribution in [2.24, 2.45) is 0 Å². The lowest BCUT2D eigenvalue weighted by atomic mass is 10.3. The van der Waals surface area contributed by atoms with E-state index in [9.17, 15) is 0 Å². The fraction of sp³-hybridized carbons (Fsp3) is 0.750. The van der Waals surface area contributed by atoms with Crippen molar-refractivity contribution >= 4 is 45.2 Å². The van der Waals surface area contributed by atoms with Gasteiger partial charge in [-0.15, -0.1) is 0 Å². The Hall–Kier alpha value is 1.12. The zero-order valence-electron chi connectivity index (χ0n) is 7.02. The van der Waals surface area contributed by atoms with E-state index in [1.165, 1.54) is 0 Å². The van der Waals surface area contributed by atoms with Crippen LogP contribution in [0.5, 0.6) is 0 Å². The SMILES string of the molecule is C=C(COCCI)COCCI. The lowest BCUT2D eigenvalue weighted by Gasteiger charge is -2.05. The summed E-state index contributed by atoms with van der Waals surface area (Å²) in [4.78, 5) is 0. The summed E-state index contributed by atoms with van der Waals surface area (Å²) < 4.78 is 12.6. The minimum absolute atomic E-state index is 0.629. The molecule has 4 heteroatoms. The topological polar surface area (TPSA) is 18.5 Å². The molecule has 72 valence electrons. The zero-order chi connectivity index (χ0) is 9.23. The van der Waals surface area contributed by atoms with Crippen LogP contribution in [0.3, 0.4) is 0 Å². The molecule has 0 N–H and O–H groups in total. The second-order valence-electron chi connectivity index (χ2n) is 2.23. The highest BCUT2D eigenvalue weighted by Gasteiger charge is 1.94. The molecule has 0 atom stereocenters. The van der Waals surface area contributed by atoms with Crippen molar-refractivity contribution in [1.29, 1.82) is 0 Å². The second-order valence-corrected chi connectivity index (χ2v) is 4.39. The first-order valence-electron chi connectivity index (χ1n) is 3.75. The largest absolute Gasteiger partial charge is 0.376 e. The third-order valence-electron chi connectivity index (χ3n) is 1.06. The Morgan fingerprint density at radius 3 is 1.75 bits per heavy atom. The number of rotatable bonds is 8. The van der Waals surface area contributed by atoms with E-state index in [2.05, 4.69) is 51.8 Å². The first kappa shape index (κ1) is 13.1. The van der Waals surface area contributed by atoms with Crippen LogP contribution >= 0.6 is 45.2 Å². The Balaban J connectivity index is 3.10. The van der Waals surface area contributed by atoms with E-state index in [1.807, 2.05) is 0 Å². The van der Waals surface area contributed by atoms with Crippen molar-refractivity contribution in [2.75, 3.05) is 35.3 Å². The molecular formula is C8H14I2O2. The summed E-state index contributed by atoms with van der Waals surface area (Å²) in [7, 11) is 0. The predicted molar refractivity (Wildman–Crippen MR) is 68.6 cm³/mol. The second kappa shape index (κ2) is 10.2. The van der Waals surface area contributed by atoms with Crippen molar-refractivity contribution in [3.63, 3.8) is 0 Å². The summed E-state index contributed by atoms with van der Waals surface area (Å²) in [5, 5.41) is 0. The van der Waals surface area contributed by atoms with Crippen molar-refractivity contribution in [3.05, 3.63) is 12.2 Å². The van der Waals surface area contributed by atoms with Gasteiger partial charge in [-0.1, -0.05) is 51.8 Å². The Morgan fingerprint density at radius 2 is 1.42 bits per heavy atom. The number of ether oxygens (including phenoxy) is 2. The van der Waals surface area contributed by atoms with Crippen molar-refractivity contribution in [2.45, 2.75) is 0 Å². The minimum atomic E-state index is 0.629. The van der Waals surface area contributed by atoms with E-state index in [0.29, 0.717) is 13.2 Å². The minimum Gasteiger partial charge on any atom is -0.376 e. The van der Waals surface area contributed by atoms with Crippen LogP contribution in [-0.4, -0.2) is 35.3 Å². The molecule has 0 rings (SSSR count). The third-order valence-corrected chi connectivity index (χ3v) is 1.94. The highest BCUT2D eigenvalue weighted by atomic mass is 127. The van der Waals surface area contributed by atoms with Gasteiger partial charge in [0.15, 0.2) is 0 Å². The lowest BCUT2D eigenvalue weighted by molar-refractivity contribution is 0.136. The van der Waals surface area contributed by atoms with Gasteiger partial charge in [0.1, 0.15) is 0 Å². The van der Waals surface area contributed by atoms with E-state index >= 15 is 0 Å². The number of alkyl halides is 2. The number of halogens is 2. The molecule has 0 fully saturated rings. The van der Waals surface area contributed by atoms with Crippen molar-refractivity contribution < 1.29 is 9.47 Å². The predicted octanol–water partition coefficient (Wildman–Crippen LogP) is 2.45. The van der Waals surface area contributed by atoms with Crippen LogP contribution in [0, 0.1) is 0 Å². The molecule has 0 aliphatic carbocycles. The Labute approximate surface area is 101 Å². The van der Waals surface area contributed by atoms with Gasteiger partial charge in [0, 0.05) is 8.86 Å². The Morgan fingerprint density at radius 1 is 1.00 bits per heavy atom. The number of hydrogen-bond acceptors (Lipinski definition) is 2. The molecule has 0 aliphatic heterocycles. The maximum atomic E-state index is 5.29. The van der Waals surface area contributed by atoms with Crippen LogP contribution in [0.4, 0.5) is 0 Å². The van der Waals surface area contributed by atoms with Crippen LogP contribution in [0.15, 0.2) is 12.2 Å². The molecule has 0 bridgehead atoms. The molecule has 12 heavy (non-hydrogen) atoms. The molecule has 0 saturated carbocycles. The van der Waals surface area contributed by atoms with Gasteiger partial charge >= 0.3 is 0 Å². The van der Waals surface area contributed by atoms with Gasteiger partial charge in [-0.3, -0.25) is 0 Å².